The smallest absolute Gasteiger partial charge is 0.121 e. The van der Waals surface area contributed by atoms with Crippen LogP contribution < -0.4 is 0 Å². The van der Waals surface area contributed by atoms with Crippen molar-refractivity contribution < 1.29 is 4.79 Å². The molecule has 158 valence electrons. The summed E-state index contributed by atoms with van der Waals surface area (Å²) >= 11 is 2.06. The third-order valence-corrected chi connectivity index (χ3v) is 7.83. The Morgan fingerprint density at radius 1 is 1.04 bits per heavy atom. The van der Waals surface area contributed by atoms with Crippen LogP contribution in [0.25, 0.3) is 0 Å². The molecule has 1 rings (SSSR count). The molecule has 0 aromatic heterocycles. The number of rotatable bonds is 16. The predicted molar refractivity (Wildman–Crippen MR) is 124 cm³/mol. The van der Waals surface area contributed by atoms with Gasteiger partial charge in [0.25, 0.3) is 0 Å². The Morgan fingerprint density at radius 2 is 1.63 bits per heavy atom. The third kappa shape index (κ3) is 10.8. The summed E-state index contributed by atoms with van der Waals surface area (Å²) in [7, 11) is 0. The van der Waals surface area contributed by atoms with E-state index in [1.807, 2.05) is 0 Å². The molecule has 2 unspecified atom stereocenters. The Labute approximate surface area is 174 Å². The van der Waals surface area contributed by atoms with Crippen LogP contribution in [0.2, 0.25) is 0 Å². The number of aldehydes is 1. The zero-order valence-corrected chi connectivity index (χ0v) is 19.5. The van der Waals surface area contributed by atoms with Gasteiger partial charge in [0.15, 0.2) is 0 Å². The molecule has 0 aliphatic heterocycles. The van der Waals surface area contributed by atoms with Gasteiger partial charge in [-0.3, -0.25) is 0 Å². The van der Waals surface area contributed by atoms with Gasteiger partial charge in [-0.15, -0.1) is 0 Å². The van der Waals surface area contributed by atoms with E-state index >= 15 is 0 Å². The summed E-state index contributed by atoms with van der Waals surface area (Å²) in [5, 5.41) is 0.513. The van der Waals surface area contributed by atoms with Crippen molar-refractivity contribution in [3.05, 3.63) is 12.2 Å². The maximum absolute atomic E-state index is 11.2. The van der Waals surface area contributed by atoms with Gasteiger partial charge in [-0.2, -0.15) is 11.8 Å². The van der Waals surface area contributed by atoms with Crippen LogP contribution in [0.4, 0.5) is 0 Å². The Morgan fingerprint density at radius 3 is 2.19 bits per heavy atom. The molecule has 0 radical (unpaired) electrons. The van der Waals surface area contributed by atoms with E-state index in [1.165, 1.54) is 82.8 Å². The number of thioether (sulfide) groups is 1. The molecule has 0 aromatic rings. The minimum absolute atomic E-state index is 0.368. The highest BCUT2D eigenvalue weighted by Crippen LogP contribution is 2.44. The fourth-order valence-electron chi connectivity index (χ4n) is 4.58. The van der Waals surface area contributed by atoms with Crippen molar-refractivity contribution in [2.24, 2.45) is 17.3 Å². The average molecular weight is 395 g/mol. The van der Waals surface area contributed by atoms with Crippen LogP contribution in [0, 0.1) is 17.3 Å². The van der Waals surface area contributed by atoms with Crippen molar-refractivity contribution in [1.29, 1.82) is 0 Å². The molecular formula is C25H46OS. The summed E-state index contributed by atoms with van der Waals surface area (Å²) in [6, 6.07) is 0. The molecule has 1 aliphatic rings. The van der Waals surface area contributed by atoms with Gasteiger partial charge in [-0.25, -0.2) is 0 Å². The van der Waals surface area contributed by atoms with Crippen molar-refractivity contribution in [2.75, 3.05) is 5.75 Å². The molecule has 0 saturated carbocycles. The predicted octanol–water partition coefficient (Wildman–Crippen LogP) is 8.23. The number of carbonyl (C=O) groups excluding carboxylic acids is 1. The topological polar surface area (TPSA) is 17.1 Å². The van der Waals surface area contributed by atoms with Crippen LogP contribution in [0.15, 0.2) is 12.2 Å². The summed E-state index contributed by atoms with van der Waals surface area (Å²) in [6.45, 7) is 9.45. The van der Waals surface area contributed by atoms with E-state index in [9.17, 15) is 4.79 Å². The highest BCUT2D eigenvalue weighted by molar-refractivity contribution is 7.99. The first kappa shape index (κ1) is 24.8. The van der Waals surface area contributed by atoms with Crippen LogP contribution in [0.1, 0.15) is 111 Å². The Bertz CT molecular complexity index is 401. The molecule has 0 amide bonds. The van der Waals surface area contributed by atoms with Gasteiger partial charge in [-0.1, -0.05) is 97.6 Å². The largest absolute Gasteiger partial charge is 0.303 e. The monoisotopic (exact) mass is 394 g/mol. The summed E-state index contributed by atoms with van der Waals surface area (Å²) < 4.78 is 0. The minimum atomic E-state index is 0.368. The molecule has 27 heavy (non-hydrogen) atoms. The van der Waals surface area contributed by atoms with Gasteiger partial charge in [0, 0.05) is 11.7 Å². The molecule has 0 spiro atoms. The first-order valence-corrected chi connectivity index (χ1v) is 12.8. The van der Waals surface area contributed by atoms with Crippen LogP contribution in [-0.2, 0) is 4.79 Å². The van der Waals surface area contributed by atoms with E-state index in [2.05, 4.69) is 51.6 Å². The van der Waals surface area contributed by atoms with Gasteiger partial charge in [0.05, 0.1) is 0 Å². The molecule has 2 heteroatoms. The Hall–Kier alpha value is -0.240. The number of hydrogen-bond acceptors (Lipinski definition) is 2. The molecule has 0 fully saturated rings. The minimum Gasteiger partial charge on any atom is -0.303 e. The standard InChI is InChI=1S/C25H46OS/c1-5-6-7-8-9-10-11-12-13-14-20-27-23(17-19-26)21-24-22(2)16-15-18-25(24,3)4/h15-16,19,22-24H,5-14,17-18,20-21H2,1-4H3/t22-,23?,24?/m0/s1. The van der Waals surface area contributed by atoms with Crippen molar-refractivity contribution >= 4 is 18.0 Å². The normalized spacial score (nSPS) is 22.7. The lowest BCUT2D eigenvalue weighted by Gasteiger charge is -2.41. The molecule has 0 saturated heterocycles. The SMILES string of the molecule is CCCCCCCCCCCCSC(CC=O)CC1[C@@H](C)C=CCC1(C)C. The van der Waals surface area contributed by atoms with E-state index in [0.717, 1.165) is 12.7 Å². The molecule has 3 atom stereocenters. The lowest BCUT2D eigenvalue weighted by atomic mass is 9.65. The summed E-state index contributed by atoms with van der Waals surface area (Å²) in [6.07, 6.45) is 22.9. The second kappa shape index (κ2) is 14.7. The van der Waals surface area contributed by atoms with E-state index < -0.39 is 0 Å². The van der Waals surface area contributed by atoms with Gasteiger partial charge in [0.2, 0.25) is 0 Å². The highest BCUT2D eigenvalue weighted by Gasteiger charge is 2.35. The fraction of sp³-hybridized carbons (Fsp3) is 0.880. The maximum atomic E-state index is 11.2. The van der Waals surface area contributed by atoms with Gasteiger partial charge >= 0.3 is 0 Å². The van der Waals surface area contributed by atoms with Crippen LogP contribution >= 0.6 is 11.8 Å². The summed E-state index contributed by atoms with van der Waals surface area (Å²) in [5.74, 6) is 2.57. The van der Waals surface area contributed by atoms with Crippen LogP contribution in [-0.4, -0.2) is 17.3 Å². The average Bonchev–Trinajstić information content (AvgIpc) is 2.62. The zero-order chi connectivity index (χ0) is 20.0. The highest BCUT2D eigenvalue weighted by atomic mass is 32.2. The molecule has 0 N–H and O–H groups in total. The molecule has 1 aliphatic carbocycles. The Balaban J connectivity index is 2.16. The van der Waals surface area contributed by atoms with E-state index in [1.54, 1.807) is 0 Å². The molecule has 0 bridgehead atoms. The second-order valence-corrected chi connectivity index (χ2v) is 10.8. The molecule has 0 aromatic carbocycles. The van der Waals surface area contributed by atoms with Crippen LogP contribution in [0.5, 0.6) is 0 Å². The Kier molecular flexibility index (Phi) is 13.5. The fourth-order valence-corrected chi connectivity index (χ4v) is 5.84. The van der Waals surface area contributed by atoms with E-state index in [-0.39, 0.29) is 0 Å². The first-order valence-electron chi connectivity index (χ1n) is 11.7. The number of hydrogen-bond donors (Lipinski definition) is 0. The lowest BCUT2D eigenvalue weighted by molar-refractivity contribution is -0.107. The van der Waals surface area contributed by atoms with E-state index in [4.69, 9.17) is 0 Å². The first-order chi connectivity index (χ1) is 13.0. The summed E-state index contributed by atoms with van der Waals surface area (Å²) in [4.78, 5) is 11.2. The second-order valence-electron chi connectivity index (χ2n) is 9.40. The van der Waals surface area contributed by atoms with Crippen molar-refractivity contribution in [2.45, 2.75) is 116 Å². The van der Waals surface area contributed by atoms with Crippen LogP contribution in [0.3, 0.4) is 0 Å². The lowest BCUT2D eigenvalue weighted by Crippen LogP contribution is -2.33. The molecule has 0 heterocycles. The molecular weight excluding hydrogens is 348 g/mol. The van der Waals surface area contributed by atoms with Crippen molar-refractivity contribution in [3.63, 3.8) is 0 Å². The quantitative estimate of drug-likeness (QED) is 0.149. The molecule has 1 nitrogen and oxygen atoms in total. The van der Waals surface area contributed by atoms with Crippen molar-refractivity contribution in [3.8, 4) is 0 Å². The third-order valence-electron chi connectivity index (χ3n) is 6.45. The number of carbonyl (C=O) groups is 1. The number of allylic oxidation sites excluding steroid dienone is 2. The van der Waals surface area contributed by atoms with Gasteiger partial charge in [0.1, 0.15) is 6.29 Å². The summed E-state index contributed by atoms with van der Waals surface area (Å²) in [5.41, 5.74) is 0.368. The van der Waals surface area contributed by atoms with Crippen molar-refractivity contribution in [1.82, 2.24) is 0 Å². The van der Waals surface area contributed by atoms with Gasteiger partial charge < -0.3 is 4.79 Å². The number of unbranched alkanes of at least 4 members (excludes halogenated alkanes) is 9. The zero-order valence-electron chi connectivity index (χ0n) is 18.7. The van der Waals surface area contributed by atoms with Gasteiger partial charge in [-0.05, 0) is 42.3 Å². The maximum Gasteiger partial charge on any atom is 0.121 e. The van der Waals surface area contributed by atoms with E-state index in [0.29, 0.717) is 22.5 Å².